The zero-order chi connectivity index (χ0) is 25.8. The van der Waals surface area contributed by atoms with Gasteiger partial charge in [0, 0.05) is 30.9 Å². The number of rotatable bonds is 6. The Kier molecular flexibility index (Phi) is 7.71. The molecule has 1 aromatic heterocycles. The lowest BCUT2D eigenvalue weighted by atomic mass is 9.96. The summed E-state index contributed by atoms with van der Waals surface area (Å²) in [6, 6.07) is 10.1. The largest absolute Gasteiger partial charge is 0.497 e. The minimum absolute atomic E-state index is 0.130. The van der Waals surface area contributed by atoms with Gasteiger partial charge in [0.15, 0.2) is 0 Å². The molecule has 1 unspecified atom stereocenters. The number of carbonyl (C=O) groups excluding carboxylic acids is 2. The molecule has 2 aromatic carbocycles. The summed E-state index contributed by atoms with van der Waals surface area (Å²) in [5, 5.41) is 11.3. The van der Waals surface area contributed by atoms with Crippen molar-refractivity contribution in [2.75, 3.05) is 19.0 Å². The fourth-order valence-corrected chi connectivity index (χ4v) is 4.23. The van der Waals surface area contributed by atoms with Crippen LogP contribution in [0.4, 0.5) is 14.9 Å². The Morgan fingerprint density at radius 2 is 1.89 bits per heavy atom. The number of hydrogen-bond donors (Lipinski definition) is 2. The molecule has 0 saturated heterocycles. The number of hydrogen-bond acceptors (Lipinski definition) is 5. The third-order valence-corrected chi connectivity index (χ3v) is 6.14. The summed E-state index contributed by atoms with van der Waals surface area (Å²) < 4.78 is 19.8. The van der Waals surface area contributed by atoms with Crippen molar-refractivity contribution in [1.29, 1.82) is 0 Å². The number of aromatic nitrogens is 1. The molecule has 2 heterocycles. The van der Waals surface area contributed by atoms with Crippen LogP contribution in [0.2, 0.25) is 10.0 Å². The number of amides is 3. The van der Waals surface area contributed by atoms with E-state index in [1.165, 1.54) is 30.6 Å². The molecule has 4 rings (SSSR count). The molecule has 0 aliphatic carbocycles. The van der Waals surface area contributed by atoms with Crippen LogP contribution in [0, 0.1) is 5.82 Å². The molecule has 0 radical (unpaired) electrons. The predicted molar refractivity (Wildman–Crippen MR) is 137 cm³/mol. The van der Waals surface area contributed by atoms with Crippen molar-refractivity contribution in [2.24, 2.45) is 5.10 Å². The number of halogens is 3. The van der Waals surface area contributed by atoms with E-state index in [1.807, 2.05) is 6.07 Å². The van der Waals surface area contributed by atoms with Crippen molar-refractivity contribution < 1.29 is 18.7 Å². The smallest absolute Gasteiger partial charge is 0.319 e. The number of nitrogens with zero attached hydrogens (tertiary/aromatic N) is 3. The van der Waals surface area contributed by atoms with E-state index in [-0.39, 0.29) is 28.1 Å². The number of carbonyl (C=O) groups is 2. The number of nitrogens with one attached hydrogen (secondary N) is 2. The summed E-state index contributed by atoms with van der Waals surface area (Å²) in [4.78, 5) is 29.4. The highest BCUT2D eigenvalue weighted by Gasteiger charge is 2.32. The average Bonchev–Trinajstić information content (AvgIpc) is 2.88. The number of hydrazone groups is 1. The van der Waals surface area contributed by atoms with E-state index in [9.17, 15) is 14.0 Å². The summed E-state index contributed by atoms with van der Waals surface area (Å²) in [7, 11) is 1.51. The molecule has 11 heteroatoms. The molecule has 36 heavy (non-hydrogen) atoms. The average molecular weight is 530 g/mol. The molecule has 1 aliphatic rings. The van der Waals surface area contributed by atoms with Crippen LogP contribution in [0.1, 0.15) is 18.9 Å². The second-order valence-corrected chi connectivity index (χ2v) is 8.67. The molecule has 0 fully saturated rings. The molecular formula is C25H22Cl2FN5O3. The molecule has 3 aromatic rings. The molecular weight excluding hydrogens is 508 g/mol. The first-order valence-electron chi connectivity index (χ1n) is 11.0. The maximum Gasteiger partial charge on any atom is 0.319 e. The zero-order valence-electron chi connectivity index (χ0n) is 19.4. The number of likely N-dealkylation sites (N-methyl/N-ethyl adjacent to an activating group) is 1. The van der Waals surface area contributed by atoms with Gasteiger partial charge in [-0.15, -0.1) is 0 Å². The Bertz CT molecular complexity index is 1330. The standard InChI is InChI=1S/C25H22Cl2FN5O3/c1-3-33-24(34)22(30-25(35)31-23-18(26)12-29-13-19(23)27)11-21(32-33)15-6-4-5-14(9-15)17-10-16(36-2)7-8-20(17)28/h4-10,12-13,22H,3,11H2,1-2H3,(H2,29,30,31,35). The molecule has 8 nitrogen and oxygen atoms in total. The van der Waals surface area contributed by atoms with Crippen LogP contribution in [0.5, 0.6) is 5.75 Å². The van der Waals surface area contributed by atoms with Gasteiger partial charge in [0.2, 0.25) is 0 Å². The normalized spacial score (nSPS) is 15.4. The number of benzene rings is 2. The minimum Gasteiger partial charge on any atom is -0.497 e. The first kappa shape index (κ1) is 25.4. The van der Waals surface area contributed by atoms with E-state index in [0.717, 1.165) is 0 Å². The molecule has 1 aliphatic heterocycles. The number of ether oxygens (including phenoxy) is 1. The molecule has 2 N–H and O–H groups in total. The highest BCUT2D eigenvalue weighted by Crippen LogP contribution is 2.30. The van der Waals surface area contributed by atoms with E-state index in [0.29, 0.717) is 34.7 Å². The summed E-state index contributed by atoms with van der Waals surface area (Å²) in [6.07, 6.45) is 2.82. The highest BCUT2D eigenvalue weighted by atomic mass is 35.5. The second-order valence-electron chi connectivity index (χ2n) is 7.86. The highest BCUT2D eigenvalue weighted by molar-refractivity contribution is 6.39. The van der Waals surface area contributed by atoms with Gasteiger partial charge in [-0.2, -0.15) is 5.10 Å². The first-order chi connectivity index (χ1) is 17.3. The van der Waals surface area contributed by atoms with Gasteiger partial charge in [-0.25, -0.2) is 14.2 Å². The van der Waals surface area contributed by atoms with Gasteiger partial charge >= 0.3 is 6.03 Å². The van der Waals surface area contributed by atoms with E-state index < -0.39 is 17.9 Å². The van der Waals surface area contributed by atoms with Crippen molar-refractivity contribution in [2.45, 2.75) is 19.4 Å². The van der Waals surface area contributed by atoms with Crippen LogP contribution in [-0.4, -0.2) is 47.3 Å². The van der Waals surface area contributed by atoms with Gasteiger partial charge in [-0.05, 0) is 42.3 Å². The van der Waals surface area contributed by atoms with Gasteiger partial charge in [-0.1, -0.05) is 41.4 Å². The van der Waals surface area contributed by atoms with Crippen LogP contribution < -0.4 is 15.4 Å². The molecule has 3 amide bonds. The van der Waals surface area contributed by atoms with Crippen LogP contribution in [0.15, 0.2) is 60.0 Å². The van der Waals surface area contributed by atoms with Crippen LogP contribution in [0.3, 0.4) is 0 Å². The maximum atomic E-state index is 14.6. The quantitative estimate of drug-likeness (QED) is 0.449. The fourth-order valence-electron chi connectivity index (χ4n) is 3.77. The Morgan fingerprint density at radius 3 is 2.58 bits per heavy atom. The van der Waals surface area contributed by atoms with Crippen LogP contribution >= 0.6 is 23.2 Å². The molecule has 186 valence electrons. The van der Waals surface area contributed by atoms with E-state index in [1.54, 1.807) is 37.3 Å². The third kappa shape index (κ3) is 5.42. The lowest BCUT2D eigenvalue weighted by Crippen LogP contribution is -2.52. The summed E-state index contributed by atoms with van der Waals surface area (Å²) in [6.45, 7) is 2.08. The van der Waals surface area contributed by atoms with Crippen molar-refractivity contribution >= 4 is 46.5 Å². The van der Waals surface area contributed by atoms with Crippen LogP contribution in [0.25, 0.3) is 11.1 Å². The summed E-state index contributed by atoms with van der Waals surface area (Å²) in [5.74, 6) is -0.230. The maximum absolute atomic E-state index is 14.6. The monoisotopic (exact) mass is 529 g/mol. The van der Waals surface area contributed by atoms with Gasteiger partial charge in [0.05, 0.1) is 28.6 Å². The van der Waals surface area contributed by atoms with Crippen molar-refractivity contribution in [3.05, 3.63) is 76.3 Å². The van der Waals surface area contributed by atoms with Crippen molar-refractivity contribution in [1.82, 2.24) is 15.3 Å². The molecule has 0 spiro atoms. The minimum atomic E-state index is -0.894. The lowest BCUT2D eigenvalue weighted by molar-refractivity contribution is -0.133. The Balaban J connectivity index is 1.59. The molecule has 0 bridgehead atoms. The predicted octanol–water partition coefficient (Wildman–Crippen LogP) is 5.35. The fraction of sp³-hybridized carbons (Fsp3) is 0.200. The lowest BCUT2D eigenvalue weighted by Gasteiger charge is -2.29. The van der Waals surface area contributed by atoms with Crippen molar-refractivity contribution in [3.8, 4) is 16.9 Å². The van der Waals surface area contributed by atoms with Crippen LogP contribution in [-0.2, 0) is 4.79 Å². The number of pyridine rings is 1. The van der Waals surface area contributed by atoms with Gasteiger partial charge in [0.25, 0.3) is 5.91 Å². The Hall–Kier alpha value is -3.69. The third-order valence-electron chi connectivity index (χ3n) is 5.57. The molecule has 0 saturated carbocycles. The van der Waals surface area contributed by atoms with E-state index in [2.05, 4.69) is 20.7 Å². The van der Waals surface area contributed by atoms with E-state index >= 15 is 0 Å². The topological polar surface area (TPSA) is 95.9 Å². The van der Waals surface area contributed by atoms with Gasteiger partial charge in [-0.3, -0.25) is 9.78 Å². The Labute approximate surface area is 217 Å². The van der Waals surface area contributed by atoms with Gasteiger partial charge in [0.1, 0.15) is 17.6 Å². The SMILES string of the molecule is CCN1N=C(c2cccc(-c3cc(OC)ccc3F)c2)CC(NC(=O)Nc2c(Cl)cncc2Cl)C1=O. The molecule has 1 atom stereocenters. The van der Waals surface area contributed by atoms with Gasteiger partial charge < -0.3 is 15.4 Å². The number of anilines is 1. The Morgan fingerprint density at radius 1 is 1.17 bits per heavy atom. The van der Waals surface area contributed by atoms with Crippen molar-refractivity contribution in [3.63, 3.8) is 0 Å². The second kappa shape index (κ2) is 10.9. The first-order valence-corrected chi connectivity index (χ1v) is 11.8. The number of methoxy groups -OCH3 is 1. The summed E-state index contributed by atoms with van der Waals surface area (Å²) in [5.41, 5.74) is 2.43. The van der Waals surface area contributed by atoms with E-state index in [4.69, 9.17) is 27.9 Å². The number of urea groups is 1. The zero-order valence-corrected chi connectivity index (χ0v) is 20.9. The summed E-state index contributed by atoms with van der Waals surface area (Å²) >= 11 is 12.1.